The highest BCUT2D eigenvalue weighted by Crippen LogP contribution is 2.24. The van der Waals surface area contributed by atoms with Crippen LogP contribution in [-0.2, 0) is 4.79 Å². The molecule has 2 rings (SSSR count). The maximum absolute atomic E-state index is 12.6. The van der Waals surface area contributed by atoms with Gasteiger partial charge in [0.2, 0.25) is 5.91 Å². The summed E-state index contributed by atoms with van der Waals surface area (Å²) < 4.78 is 0. The van der Waals surface area contributed by atoms with Crippen molar-refractivity contribution in [2.45, 2.75) is 33.2 Å². The van der Waals surface area contributed by atoms with Gasteiger partial charge in [0, 0.05) is 31.1 Å². The monoisotopic (exact) mass is 288 g/mol. The highest BCUT2D eigenvalue weighted by Gasteiger charge is 2.38. The first kappa shape index (κ1) is 15.5. The third kappa shape index (κ3) is 3.26. The number of benzene rings is 1. The second kappa shape index (κ2) is 5.88. The highest BCUT2D eigenvalue weighted by molar-refractivity contribution is 5.95. The van der Waals surface area contributed by atoms with E-state index in [-0.39, 0.29) is 23.3 Å². The molecule has 0 aromatic heterocycles. The molecule has 0 N–H and O–H groups in total. The first-order valence-electron chi connectivity index (χ1n) is 7.49. The van der Waals surface area contributed by atoms with Crippen LogP contribution in [0.25, 0.3) is 0 Å². The van der Waals surface area contributed by atoms with E-state index >= 15 is 0 Å². The number of hydrogen-bond donors (Lipinski definition) is 0. The molecule has 4 nitrogen and oxygen atoms in total. The largest absolute Gasteiger partial charge is 0.338 e. The molecule has 1 aromatic carbocycles. The Morgan fingerprint density at radius 3 is 2.24 bits per heavy atom. The molecule has 0 bridgehead atoms. The van der Waals surface area contributed by atoms with E-state index in [1.165, 1.54) is 0 Å². The van der Waals surface area contributed by atoms with Crippen LogP contribution in [0, 0.1) is 5.92 Å². The molecular weight excluding hydrogens is 264 g/mol. The molecule has 114 valence electrons. The Kier molecular flexibility index (Phi) is 4.35. The maximum Gasteiger partial charge on any atom is 0.254 e. The van der Waals surface area contributed by atoms with Gasteiger partial charge in [-0.15, -0.1) is 0 Å². The fourth-order valence-corrected chi connectivity index (χ4v) is 2.82. The third-order valence-electron chi connectivity index (χ3n) is 3.97. The van der Waals surface area contributed by atoms with E-state index in [9.17, 15) is 9.59 Å². The zero-order chi connectivity index (χ0) is 15.6. The van der Waals surface area contributed by atoms with Crippen molar-refractivity contribution in [3.8, 4) is 0 Å². The average Bonchev–Trinajstić information content (AvgIpc) is 2.45. The first-order valence-corrected chi connectivity index (χ1v) is 7.49. The van der Waals surface area contributed by atoms with Crippen LogP contribution in [0.2, 0.25) is 0 Å². The molecule has 1 fully saturated rings. The van der Waals surface area contributed by atoms with Gasteiger partial charge in [-0.2, -0.15) is 0 Å². The van der Waals surface area contributed by atoms with E-state index in [4.69, 9.17) is 0 Å². The summed E-state index contributed by atoms with van der Waals surface area (Å²) in [5.74, 6) is 0.198. The van der Waals surface area contributed by atoms with E-state index in [0.717, 1.165) is 0 Å². The molecule has 1 aliphatic rings. The van der Waals surface area contributed by atoms with Crippen LogP contribution in [0.5, 0.6) is 0 Å². The summed E-state index contributed by atoms with van der Waals surface area (Å²) in [6.07, 6.45) is 0. The maximum atomic E-state index is 12.6. The second-order valence-corrected chi connectivity index (χ2v) is 6.55. The van der Waals surface area contributed by atoms with Crippen molar-refractivity contribution in [3.63, 3.8) is 0 Å². The third-order valence-corrected chi connectivity index (χ3v) is 3.97. The van der Waals surface area contributed by atoms with Crippen LogP contribution in [0.3, 0.4) is 0 Å². The van der Waals surface area contributed by atoms with Crippen molar-refractivity contribution in [3.05, 3.63) is 35.9 Å². The molecular formula is C17H24N2O2. The van der Waals surface area contributed by atoms with Crippen molar-refractivity contribution in [1.82, 2.24) is 9.80 Å². The van der Waals surface area contributed by atoms with Gasteiger partial charge in [0.25, 0.3) is 5.91 Å². The van der Waals surface area contributed by atoms with E-state index in [1.54, 1.807) is 0 Å². The van der Waals surface area contributed by atoms with E-state index in [0.29, 0.717) is 25.2 Å². The molecule has 2 amide bonds. The molecule has 0 spiro atoms. The second-order valence-electron chi connectivity index (χ2n) is 6.55. The Morgan fingerprint density at radius 2 is 1.71 bits per heavy atom. The van der Waals surface area contributed by atoms with Crippen LogP contribution < -0.4 is 0 Å². The lowest BCUT2D eigenvalue weighted by Crippen LogP contribution is -2.62. The number of carbonyl (C=O) groups is 2. The summed E-state index contributed by atoms with van der Waals surface area (Å²) in [5, 5.41) is 0. The molecule has 0 radical (unpaired) electrons. The summed E-state index contributed by atoms with van der Waals surface area (Å²) in [5.41, 5.74) is 0.352. The highest BCUT2D eigenvalue weighted by atomic mass is 16.2. The van der Waals surface area contributed by atoms with Gasteiger partial charge < -0.3 is 9.80 Å². The molecule has 1 saturated heterocycles. The molecule has 0 unspecified atom stereocenters. The zero-order valence-corrected chi connectivity index (χ0v) is 13.3. The van der Waals surface area contributed by atoms with Gasteiger partial charge in [-0.3, -0.25) is 9.59 Å². The smallest absolute Gasteiger partial charge is 0.254 e. The normalized spacial score (nSPS) is 18.0. The summed E-state index contributed by atoms with van der Waals surface area (Å²) in [6, 6.07) is 9.33. The Labute approximate surface area is 126 Å². The number of hydrogen-bond acceptors (Lipinski definition) is 2. The minimum absolute atomic E-state index is 0.00262. The Bertz CT molecular complexity index is 523. The van der Waals surface area contributed by atoms with Crippen molar-refractivity contribution < 1.29 is 9.59 Å². The lowest BCUT2D eigenvalue weighted by Gasteiger charge is -2.47. The van der Waals surface area contributed by atoms with E-state index < -0.39 is 0 Å². The topological polar surface area (TPSA) is 40.6 Å². The van der Waals surface area contributed by atoms with Gasteiger partial charge in [-0.05, 0) is 26.0 Å². The van der Waals surface area contributed by atoms with Crippen LogP contribution in [0.4, 0.5) is 0 Å². The van der Waals surface area contributed by atoms with Crippen LogP contribution in [-0.4, -0.2) is 46.8 Å². The van der Waals surface area contributed by atoms with Crippen LogP contribution >= 0.6 is 0 Å². The minimum Gasteiger partial charge on any atom is -0.338 e. The lowest BCUT2D eigenvalue weighted by molar-refractivity contribution is -0.138. The molecule has 0 aliphatic carbocycles. The predicted octanol–water partition coefficient (Wildman–Crippen LogP) is 2.41. The van der Waals surface area contributed by atoms with Crippen molar-refractivity contribution >= 4 is 11.8 Å². The molecule has 4 heteroatoms. The van der Waals surface area contributed by atoms with Gasteiger partial charge >= 0.3 is 0 Å². The van der Waals surface area contributed by atoms with Gasteiger partial charge in [0.1, 0.15) is 0 Å². The average molecular weight is 288 g/mol. The van der Waals surface area contributed by atoms with Crippen LogP contribution in [0.15, 0.2) is 30.3 Å². The van der Waals surface area contributed by atoms with Gasteiger partial charge in [0.05, 0.1) is 5.54 Å². The lowest BCUT2D eigenvalue weighted by atomic mass is 9.96. The number of carbonyl (C=O) groups excluding carboxylic acids is 2. The molecule has 1 aromatic rings. The van der Waals surface area contributed by atoms with Crippen molar-refractivity contribution in [2.75, 3.05) is 19.6 Å². The SMILES string of the molecule is CC(C)C(=O)N1CCN(C(=O)c2ccccc2)C(C)(C)C1. The molecule has 1 heterocycles. The standard InChI is InChI=1S/C17H24N2O2/c1-13(2)15(20)18-10-11-19(17(3,4)12-18)16(21)14-8-6-5-7-9-14/h5-9,13H,10-12H2,1-4H3. The molecule has 0 atom stereocenters. The molecule has 0 saturated carbocycles. The number of nitrogens with zero attached hydrogens (tertiary/aromatic N) is 2. The summed E-state index contributed by atoms with van der Waals surface area (Å²) in [4.78, 5) is 28.6. The first-order chi connectivity index (χ1) is 9.83. The quantitative estimate of drug-likeness (QED) is 0.838. The molecule has 1 aliphatic heterocycles. The Hall–Kier alpha value is -1.84. The Morgan fingerprint density at radius 1 is 1.10 bits per heavy atom. The number of piperazine rings is 1. The summed E-state index contributed by atoms with van der Waals surface area (Å²) in [6.45, 7) is 9.65. The predicted molar refractivity (Wildman–Crippen MR) is 83.0 cm³/mol. The number of rotatable bonds is 2. The van der Waals surface area contributed by atoms with E-state index in [1.807, 2.05) is 67.8 Å². The van der Waals surface area contributed by atoms with Gasteiger partial charge in [-0.1, -0.05) is 32.0 Å². The van der Waals surface area contributed by atoms with Crippen LogP contribution in [0.1, 0.15) is 38.1 Å². The number of amides is 2. The van der Waals surface area contributed by atoms with Crippen molar-refractivity contribution in [1.29, 1.82) is 0 Å². The van der Waals surface area contributed by atoms with Gasteiger partial charge in [-0.25, -0.2) is 0 Å². The summed E-state index contributed by atoms with van der Waals surface area (Å²) in [7, 11) is 0. The Balaban J connectivity index is 2.14. The van der Waals surface area contributed by atoms with Gasteiger partial charge in [0.15, 0.2) is 0 Å². The summed E-state index contributed by atoms with van der Waals surface area (Å²) >= 11 is 0. The van der Waals surface area contributed by atoms with E-state index in [2.05, 4.69) is 0 Å². The molecule has 21 heavy (non-hydrogen) atoms. The fraction of sp³-hybridized carbons (Fsp3) is 0.529. The van der Waals surface area contributed by atoms with Crippen molar-refractivity contribution in [2.24, 2.45) is 5.92 Å². The fourth-order valence-electron chi connectivity index (χ4n) is 2.82. The zero-order valence-electron chi connectivity index (χ0n) is 13.3. The minimum atomic E-state index is -0.351.